The average Bonchev–Trinajstić information content (AvgIpc) is 2.56. The summed E-state index contributed by atoms with van der Waals surface area (Å²) in [5.74, 6) is 1.43. The zero-order valence-corrected chi connectivity index (χ0v) is 11.8. The van der Waals surface area contributed by atoms with Gasteiger partial charge in [0.1, 0.15) is 5.82 Å². The molecule has 1 aromatic heterocycles. The van der Waals surface area contributed by atoms with Crippen LogP contribution >= 0.6 is 0 Å². The molecule has 3 aromatic rings. The first-order valence-electron chi connectivity index (χ1n) is 6.77. The van der Waals surface area contributed by atoms with Crippen molar-refractivity contribution in [3.05, 3.63) is 72.9 Å². The molecule has 0 aliphatic rings. The van der Waals surface area contributed by atoms with Crippen LogP contribution in [-0.4, -0.2) is 17.0 Å². The van der Waals surface area contributed by atoms with Gasteiger partial charge in [-0.15, -0.1) is 0 Å². The SMILES string of the molecule is CN(c1ccccc1)c1ccnc(Nc2ccccc2)n1. The topological polar surface area (TPSA) is 41.1 Å². The highest BCUT2D eigenvalue weighted by Crippen LogP contribution is 2.22. The van der Waals surface area contributed by atoms with Gasteiger partial charge >= 0.3 is 0 Å². The summed E-state index contributed by atoms with van der Waals surface area (Å²) in [6, 6.07) is 21.9. The van der Waals surface area contributed by atoms with Gasteiger partial charge in [-0.05, 0) is 30.3 Å². The van der Waals surface area contributed by atoms with Gasteiger partial charge in [-0.25, -0.2) is 4.98 Å². The van der Waals surface area contributed by atoms with Crippen molar-refractivity contribution in [1.82, 2.24) is 9.97 Å². The molecule has 21 heavy (non-hydrogen) atoms. The lowest BCUT2D eigenvalue weighted by Crippen LogP contribution is -2.12. The highest BCUT2D eigenvalue weighted by Gasteiger charge is 2.06. The number of anilines is 4. The van der Waals surface area contributed by atoms with Crippen LogP contribution in [0.15, 0.2) is 72.9 Å². The predicted octanol–water partition coefficient (Wildman–Crippen LogP) is 3.99. The molecule has 0 unspecified atom stereocenters. The third kappa shape index (κ3) is 3.17. The predicted molar refractivity (Wildman–Crippen MR) is 86.3 cm³/mol. The molecule has 0 saturated carbocycles. The van der Waals surface area contributed by atoms with Crippen LogP contribution in [0.4, 0.5) is 23.1 Å². The number of nitrogens with one attached hydrogen (secondary N) is 1. The minimum Gasteiger partial charge on any atom is -0.329 e. The molecule has 0 saturated heterocycles. The number of nitrogens with zero attached hydrogens (tertiary/aromatic N) is 3. The summed E-state index contributed by atoms with van der Waals surface area (Å²) in [4.78, 5) is 10.8. The third-order valence-electron chi connectivity index (χ3n) is 3.16. The molecule has 2 aromatic carbocycles. The normalized spacial score (nSPS) is 10.1. The van der Waals surface area contributed by atoms with Crippen LogP contribution in [0.2, 0.25) is 0 Å². The fourth-order valence-corrected chi connectivity index (χ4v) is 2.03. The highest BCUT2D eigenvalue weighted by molar-refractivity contribution is 5.61. The lowest BCUT2D eigenvalue weighted by atomic mass is 10.3. The van der Waals surface area contributed by atoms with Crippen LogP contribution < -0.4 is 10.2 Å². The molecule has 4 nitrogen and oxygen atoms in total. The van der Waals surface area contributed by atoms with Gasteiger partial charge in [0.2, 0.25) is 5.95 Å². The van der Waals surface area contributed by atoms with Crippen molar-refractivity contribution in [2.45, 2.75) is 0 Å². The molecule has 0 atom stereocenters. The summed E-state index contributed by atoms with van der Waals surface area (Å²) in [5.41, 5.74) is 2.05. The average molecular weight is 276 g/mol. The molecule has 0 aliphatic carbocycles. The number of benzene rings is 2. The molecule has 0 bridgehead atoms. The van der Waals surface area contributed by atoms with Crippen molar-refractivity contribution in [3.63, 3.8) is 0 Å². The van der Waals surface area contributed by atoms with Gasteiger partial charge in [-0.3, -0.25) is 0 Å². The van der Waals surface area contributed by atoms with E-state index in [1.807, 2.05) is 78.7 Å². The Morgan fingerprint density at radius 1 is 0.857 bits per heavy atom. The van der Waals surface area contributed by atoms with Gasteiger partial charge < -0.3 is 10.2 Å². The standard InChI is InChI=1S/C17H16N4/c1-21(15-10-6-3-7-11-15)16-12-13-18-17(20-16)19-14-8-4-2-5-9-14/h2-13H,1H3,(H,18,19,20). The smallest absolute Gasteiger partial charge is 0.229 e. The zero-order chi connectivity index (χ0) is 14.5. The maximum Gasteiger partial charge on any atom is 0.229 e. The van der Waals surface area contributed by atoms with E-state index in [0.29, 0.717) is 5.95 Å². The van der Waals surface area contributed by atoms with Gasteiger partial charge in [0.05, 0.1) is 0 Å². The van der Waals surface area contributed by atoms with Crippen LogP contribution in [0.5, 0.6) is 0 Å². The van der Waals surface area contributed by atoms with E-state index in [0.717, 1.165) is 17.2 Å². The summed E-state index contributed by atoms with van der Waals surface area (Å²) in [7, 11) is 1.99. The van der Waals surface area contributed by atoms with Gasteiger partial charge in [-0.1, -0.05) is 36.4 Å². The molecule has 0 radical (unpaired) electrons. The Hall–Kier alpha value is -2.88. The molecular weight excluding hydrogens is 260 g/mol. The van der Waals surface area contributed by atoms with Crippen LogP contribution in [0.25, 0.3) is 0 Å². The van der Waals surface area contributed by atoms with Crippen molar-refractivity contribution in [2.75, 3.05) is 17.3 Å². The largest absolute Gasteiger partial charge is 0.329 e. The Balaban J connectivity index is 1.83. The minimum absolute atomic E-state index is 0.585. The number of hydrogen-bond acceptors (Lipinski definition) is 4. The second-order valence-electron chi connectivity index (χ2n) is 4.62. The van der Waals surface area contributed by atoms with Gasteiger partial charge in [0.25, 0.3) is 0 Å². The van der Waals surface area contributed by atoms with E-state index in [4.69, 9.17) is 0 Å². The van der Waals surface area contributed by atoms with E-state index in [-0.39, 0.29) is 0 Å². The maximum absolute atomic E-state index is 4.55. The Morgan fingerprint density at radius 2 is 1.52 bits per heavy atom. The number of para-hydroxylation sites is 2. The van der Waals surface area contributed by atoms with Gasteiger partial charge in [-0.2, -0.15) is 4.98 Å². The summed E-state index contributed by atoms with van der Waals surface area (Å²) < 4.78 is 0. The van der Waals surface area contributed by atoms with Crippen molar-refractivity contribution in [1.29, 1.82) is 0 Å². The van der Waals surface area contributed by atoms with E-state index < -0.39 is 0 Å². The Bertz CT molecular complexity index is 698. The van der Waals surface area contributed by atoms with E-state index in [9.17, 15) is 0 Å². The number of rotatable bonds is 4. The van der Waals surface area contributed by atoms with Crippen LogP contribution in [-0.2, 0) is 0 Å². The Labute approximate surface area is 124 Å². The fourth-order valence-electron chi connectivity index (χ4n) is 2.03. The Kier molecular flexibility index (Phi) is 3.78. The highest BCUT2D eigenvalue weighted by atomic mass is 15.2. The van der Waals surface area contributed by atoms with Crippen LogP contribution in [0, 0.1) is 0 Å². The first-order valence-corrected chi connectivity index (χ1v) is 6.77. The first-order chi connectivity index (χ1) is 10.3. The summed E-state index contributed by atoms with van der Waals surface area (Å²) >= 11 is 0. The summed E-state index contributed by atoms with van der Waals surface area (Å²) in [5, 5.41) is 3.20. The zero-order valence-electron chi connectivity index (χ0n) is 11.8. The molecule has 1 N–H and O–H groups in total. The molecule has 4 heteroatoms. The Morgan fingerprint density at radius 3 is 2.24 bits per heavy atom. The third-order valence-corrected chi connectivity index (χ3v) is 3.16. The molecule has 0 fully saturated rings. The molecule has 0 aliphatic heterocycles. The van der Waals surface area contributed by atoms with E-state index in [1.54, 1.807) is 6.20 Å². The minimum atomic E-state index is 0.585. The van der Waals surface area contributed by atoms with E-state index in [1.165, 1.54) is 0 Å². The second-order valence-corrected chi connectivity index (χ2v) is 4.62. The molecular formula is C17H16N4. The van der Waals surface area contributed by atoms with Crippen LogP contribution in [0.1, 0.15) is 0 Å². The van der Waals surface area contributed by atoms with Crippen molar-refractivity contribution in [2.24, 2.45) is 0 Å². The molecule has 104 valence electrons. The number of hydrogen-bond donors (Lipinski definition) is 1. The van der Waals surface area contributed by atoms with Crippen molar-refractivity contribution in [3.8, 4) is 0 Å². The first kappa shape index (κ1) is 13.1. The number of aromatic nitrogens is 2. The van der Waals surface area contributed by atoms with E-state index >= 15 is 0 Å². The lowest BCUT2D eigenvalue weighted by molar-refractivity contribution is 1.08. The molecule has 0 amide bonds. The lowest BCUT2D eigenvalue weighted by Gasteiger charge is -2.18. The monoisotopic (exact) mass is 276 g/mol. The van der Waals surface area contributed by atoms with E-state index in [2.05, 4.69) is 15.3 Å². The second kappa shape index (κ2) is 6.05. The fraction of sp³-hybridized carbons (Fsp3) is 0.0588. The van der Waals surface area contributed by atoms with Crippen LogP contribution in [0.3, 0.4) is 0 Å². The summed E-state index contributed by atoms with van der Waals surface area (Å²) in [6.45, 7) is 0. The molecule has 3 rings (SSSR count). The van der Waals surface area contributed by atoms with Crippen molar-refractivity contribution >= 4 is 23.1 Å². The molecule has 0 spiro atoms. The quantitative estimate of drug-likeness (QED) is 0.782. The van der Waals surface area contributed by atoms with Gasteiger partial charge in [0.15, 0.2) is 0 Å². The summed E-state index contributed by atoms with van der Waals surface area (Å²) in [6.07, 6.45) is 1.76. The van der Waals surface area contributed by atoms with Crippen molar-refractivity contribution < 1.29 is 0 Å². The maximum atomic E-state index is 4.55. The van der Waals surface area contributed by atoms with Gasteiger partial charge in [0, 0.05) is 24.6 Å². The molecule has 1 heterocycles.